The largest absolute Gasteiger partial charge is 0.467 e. The molecule has 2 rings (SSSR count). The molecule has 7 heteroatoms. The second kappa shape index (κ2) is 5.63. The summed E-state index contributed by atoms with van der Waals surface area (Å²) in [5.41, 5.74) is -0.726. The summed E-state index contributed by atoms with van der Waals surface area (Å²) >= 11 is 3.04. The number of alkyl halides is 3. The molecule has 0 bridgehead atoms. The van der Waals surface area contributed by atoms with Gasteiger partial charge in [-0.15, -0.1) is 0 Å². The van der Waals surface area contributed by atoms with Crippen LogP contribution in [0, 0.1) is 0 Å². The third kappa shape index (κ3) is 2.92. The number of rotatable bonds is 2. The van der Waals surface area contributed by atoms with Gasteiger partial charge in [0.15, 0.2) is 0 Å². The van der Waals surface area contributed by atoms with Crippen molar-refractivity contribution in [2.75, 3.05) is 18.6 Å². The fraction of sp³-hybridized carbons (Fsp3) is 0.462. The first kappa shape index (κ1) is 15.2. The molecule has 0 spiro atoms. The van der Waals surface area contributed by atoms with E-state index in [2.05, 4.69) is 20.7 Å². The number of benzene rings is 1. The Morgan fingerprint density at radius 1 is 1.45 bits per heavy atom. The fourth-order valence-corrected chi connectivity index (χ4v) is 2.78. The molecule has 1 aliphatic rings. The summed E-state index contributed by atoms with van der Waals surface area (Å²) in [5.74, 6) is -0.501. The highest BCUT2D eigenvalue weighted by Gasteiger charge is 2.39. The van der Waals surface area contributed by atoms with Crippen molar-refractivity contribution in [1.82, 2.24) is 0 Å². The van der Waals surface area contributed by atoms with E-state index in [1.165, 1.54) is 24.1 Å². The van der Waals surface area contributed by atoms with E-state index in [9.17, 15) is 18.0 Å². The second-order valence-corrected chi connectivity index (χ2v) is 5.45. The van der Waals surface area contributed by atoms with Gasteiger partial charge >= 0.3 is 12.1 Å². The quantitative estimate of drug-likeness (QED) is 0.762. The van der Waals surface area contributed by atoms with Crippen LogP contribution < -0.4 is 4.90 Å². The van der Waals surface area contributed by atoms with Crippen LogP contribution in [-0.4, -0.2) is 25.7 Å². The van der Waals surface area contributed by atoms with Crippen molar-refractivity contribution in [2.45, 2.75) is 25.1 Å². The fourth-order valence-electron chi connectivity index (χ4n) is 2.42. The van der Waals surface area contributed by atoms with Crippen LogP contribution in [0.25, 0.3) is 0 Å². The minimum atomic E-state index is -4.47. The Balaban J connectivity index is 2.44. The Morgan fingerprint density at radius 3 is 2.75 bits per heavy atom. The third-order valence-corrected chi connectivity index (χ3v) is 3.79. The van der Waals surface area contributed by atoms with Crippen LogP contribution >= 0.6 is 15.9 Å². The van der Waals surface area contributed by atoms with Gasteiger partial charge in [0.25, 0.3) is 0 Å². The molecule has 1 aromatic carbocycles. The van der Waals surface area contributed by atoms with Crippen LogP contribution in [0.4, 0.5) is 18.9 Å². The van der Waals surface area contributed by atoms with Gasteiger partial charge in [-0.25, -0.2) is 4.79 Å². The van der Waals surface area contributed by atoms with Gasteiger partial charge in [-0.1, -0.05) is 15.9 Å². The molecule has 1 heterocycles. The van der Waals surface area contributed by atoms with Gasteiger partial charge in [-0.05, 0) is 31.0 Å². The molecule has 3 nitrogen and oxygen atoms in total. The molecule has 0 amide bonds. The first-order chi connectivity index (χ1) is 9.34. The summed E-state index contributed by atoms with van der Waals surface area (Å²) in [4.78, 5) is 13.1. The summed E-state index contributed by atoms with van der Waals surface area (Å²) < 4.78 is 44.4. The van der Waals surface area contributed by atoms with Crippen LogP contribution in [0.15, 0.2) is 22.7 Å². The molecule has 0 aromatic heterocycles. The SMILES string of the molecule is COC(=O)C1CCCN1c1ccc(Br)cc1C(F)(F)F. The number of nitrogens with zero attached hydrogens (tertiary/aromatic N) is 1. The summed E-state index contributed by atoms with van der Waals surface area (Å²) in [7, 11) is 1.24. The zero-order chi connectivity index (χ0) is 14.9. The minimum Gasteiger partial charge on any atom is -0.467 e. The first-order valence-electron chi connectivity index (χ1n) is 6.06. The predicted octanol–water partition coefficient (Wildman–Crippen LogP) is 3.61. The van der Waals surface area contributed by atoms with Gasteiger partial charge in [-0.2, -0.15) is 13.2 Å². The van der Waals surface area contributed by atoms with Gasteiger partial charge in [0.1, 0.15) is 6.04 Å². The molecule has 0 radical (unpaired) electrons. The molecular formula is C13H13BrF3NO2. The van der Waals surface area contributed by atoms with Gasteiger partial charge in [-0.3, -0.25) is 0 Å². The number of esters is 1. The van der Waals surface area contributed by atoms with Crippen molar-refractivity contribution in [3.8, 4) is 0 Å². The number of hydrogen-bond acceptors (Lipinski definition) is 3. The van der Waals surface area contributed by atoms with Crippen molar-refractivity contribution in [1.29, 1.82) is 0 Å². The molecule has 1 saturated heterocycles. The summed E-state index contributed by atoms with van der Waals surface area (Å²) in [6.07, 6.45) is -3.31. The van der Waals surface area contributed by atoms with Crippen LogP contribution in [-0.2, 0) is 15.7 Å². The second-order valence-electron chi connectivity index (χ2n) is 4.53. The van der Waals surface area contributed by atoms with E-state index < -0.39 is 23.8 Å². The Kier molecular flexibility index (Phi) is 4.27. The number of anilines is 1. The molecule has 1 unspecified atom stereocenters. The van der Waals surface area contributed by atoms with Crippen LogP contribution in [0.1, 0.15) is 18.4 Å². The molecule has 20 heavy (non-hydrogen) atoms. The maximum Gasteiger partial charge on any atom is 0.418 e. The highest BCUT2D eigenvalue weighted by Crippen LogP contribution is 2.40. The third-order valence-electron chi connectivity index (χ3n) is 3.30. The minimum absolute atomic E-state index is 0.0219. The number of carbonyl (C=O) groups excluding carboxylic acids is 1. The lowest BCUT2D eigenvalue weighted by Crippen LogP contribution is -2.38. The van der Waals surface area contributed by atoms with Gasteiger partial charge in [0.05, 0.1) is 12.7 Å². The van der Waals surface area contributed by atoms with Crippen LogP contribution in [0.3, 0.4) is 0 Å². The standard InChI is InChI=1S/C13H13BrF3NO2/c1-20-12(19)11-3-2-6-18(11)10-5-4-8(14)7-9(10)13(15,16)17/h4-5,7,11H,2-3,6H2,1H3. The molecule has 0 N–H and O–H groups in total. The molecule has 1 aromatic rings. The normalized spacial score (nSPS) is 19.2. The average Bonchev–Trinajstić information content (AvgIpc) is 2.85. The number of methoxy groups -OCH3 is 1. The van der Waals surface area contributed by atoms with E-state index in [1.807, 2.05) is 0 Å². The zero-order valence-corrected chi connectivity index (χ0v) is 12.3. The Morgan fingerprint density at radius 2 is 2.15 bits per heavy atom. The topological polar surface area (TPSA) is 29.5 Å². The molecule has 1 fully saturated rings. The van der Waals surface area contributed by atoms with Crippen molar-refractivity contribution >= 4 is 27.6 Å². The molecule has 0 saturated carbocycles. The number of hydrogen-bond donors (Lipinski definition) is 0. The van der Waals surface area contributed by atoms with E-state index in [-0.39, 0.29) is 5.69 Å². The molecule has 1 aliphatic heterocycles. The Bertz CT molecular complexity index is 519. The average molecular weight is 352 g/mol. The smallest absolute Gasteiger partial charge is 0.418 e. The van der Waals surface area contributed by atoms with E-state index in [0.29, 0.717) is 23.9 Å². The lowest BCUT2D eigenvalue weighted by Gasteiger charge is -2.27. The lowest BCUT2D eigenvalue weighted by atomic mass is 10.1. The summed E-state index contributed by atoms with van der Waals surface area (Å²) in [6.45, 7) is 0.407. The van der Waals surface area contributed by atoms with Crippen molar-refractivity contribution in [3.63, 3.8) is 0 Å². The molecule has 0 aliphatic carbocycles. The first-order valence-corrected chi connectivity index (χ1v) is 6.85. The van der Waals surface area contributed by atoms with E-state index in [4.69, 9.17) is 0 Å². The van der Waals surface area contributed by atoms with E-state index >= 15 is 0 Å². The maximum absolute atomic E-state index is 13.1. The maximum atomic E-state index is 13.1. The van der Waals surface area contributed by atoms with Crippen LogP contribution in [0.2, 0.25) is 0 Å². The van der Waals surface area contributed by atoms with Crippen molar-refractivity contribution in [3.05, 3.63) is 28.2 Å². The zero-order valence-electron chi connectivity index (χ0n) is 10.7. The van der Waals surface area contributed by atoms with Crippen LogP contribution in [0.5, 0.6) is 0 Å². The summed E-state index contributed by atoms with van der Waals surface area (Å²) in [5, 5.41) is 0. The highest BCUT2D eigenvalue weighted by molar-refractivity contribution is 9.10. The number of carbonyl (C=O) groups is 1. The Labute approximate surface area is 122 Å². The molecule has 110 valence electrons. The van der Waals surface area contributed by atoms with Gasteiger partial charge < -0.3 is 9.64 Å². The monoisotopic (exact) mass is 351 g/mol. The molecular weight excluding hydrogens is 339 g/mol. The van der Waals surface area contributed by atoms with Gasteiger partial charge in [0.2, 0.25) is 0 Å². The lowest BCUT2D eigenvalue weighted by molar-refractivity contribution is -0.142. The van der Waals surface area contributed by atoms with Crippen molar-refractivity contribution in [2.24, 2.45) is 0 Å². The van der Waals surface area contributed by atoms with E-state index in [1.54, 1.807) is 0 Å². The highest BCUT2D eigenvalue weighted by atomic mass is 79.9. The predicted molar refractivity (Wildman–Crippen MR) is 71.5 cm³/mol. The van der Waals surface area contributed by atoms with Gasteiger partial charge in [0, 0.05) is 16.7 Å². The van der Waals surface area contributed by atoms with E-state index in [0.717, 1.165) is 6.07 Å². The summed E-state index contributed by atoms with van der Waals surface area (Å²) in [6, 6.07) is 3.30. The number of ether oxygens (including phenoxy) is 1. The number of halogens is 4. The Hall–Kier alpha value is -1.24. The van der Waals surface area contributed by atoms with Crippen molar-refractivity contribution < 1.29 is 22.7 Å². The molecule has 1 atom stereocenters.